The second-order valence-electron chi connectivity index (χ2n) is 7.11. The van der Waals surface area contributed by atoms with Crippen molar-refractivity contribution in [3.05, 3.63) is 81.7 Å². The Morgan fingerprint density at radius 2 is 1.39 bits per heavy atom. The molecule has 8 heteroatoms. The van der Waals surface area contributed by atoms with Crippen LogP contribution in [-0.4, -0.2) is 44.0 Å². The quantitative estimate of drug-likeness (QED) is 0.511. The second-order valence-corrected chi connectivity index (χ2v) is 7.11. The van der Waals surface area contributed by atoms with Gasteiger partial charge in [-0.3, -0.25) is 4.99 Å². The summed E-state index contributed by atoms with van der Waals surface area (Å²) in [6.45, 7) is 5.45. The summed E-state index contributed by atoms with van der Waals surface area (Å²) in [6.07, 6.45) is 1.60. The Labute approximate surface area is 177 Å². The van der Waals surface area contributed by atoms with Crippen molar-refractivity contribution in [2.24, 2.45) is 4.99 Å². The topological polar surface area (TPSA) is 129 Å². The third kappa shape index (κ3) is 4.37. The Morgan fingerprint density at radius 3 is 1.94 bits per heavy atom. The highest BCUT2D eigenvalue weighted by atomic mass is 16.4. The number of hydrogen-bond donors (Lipinski definition) is 3. The van der Waals surface area contributed by atoms with E-state index in [1.165, 1.54) is 24.3 Å². The van der Waals surface area contributed by atoms with Crippen LogP contribution in [0.2, 0.25) is 0 Å². The average Bonchev–Trinajstić information content (AvgIpc) is 2.99. The maximum Gasteiger partial charge on any atom is 0.335 e. The second kappa shape index (κ2) is 8.27. The Bertz CT molecular complexity index is 1220. The first kappa shape index (κ1) is 21.5. The molecule has 3 N–H and O–H groups in total. The maximum absolute atomic E-state index is 11.4. The van der Waals surface area contributed by atoms with Crippen LogP contribution in [0.5, 0.6) is 0 Å². The fourth-order valence-electron chi connectivity index (χ4n) is 3.32. The van der Waals surface area contributed by atoms with Gasteiger partial charge in [0.15, 0.2) is 0 Å². The SMILES string of the molecule is Cc1ccc(C(=O)O)cc1N=Cc1cc(C)n(-c2cc(C(=O)O)cc(C(=O)O)c2)c1C. The third-order valence-electron chi connectivity index (χ3n) is 4.94. The number of carbonyl (C=O) groups is 3. The Hall–Kier alpha value is -4.20. The number of carboxylic acid groups (broad SMARTS) is 3. The number of rotatable bonds is 6. The largest absolute Gasteiger partial charge is 0.478 e. The molecule has 0 fully saturated rings. The van der Waals surface area contributed by atoms with Crippen LogP contribution in [0, 0.1) is 20.8 Å². The maximum atomic E-state index is 11.4. The van der Waals surface area contributed by atoms with Crippen LogP contribution in [0.3, 0.4) is 0 Å². The van der Waals surface area contributed by atoms with Crippen LogP contribution in [0.1, 0.15) is 53.6 Å². The average molecular weight is 420 g/mol. The van der Waals surface area contributed by atoms with E-state index in [-0.39, 0.29) is 16.7 Å². The summed E-state index contributed by atoms with van der Waals surface area (Å²) in [7, 11) is 0. The minimum atomic E-state index is -1.22. The summed E-state index contributed by atoms with van der Waals surface area (Å²) in [6, 6.07) is 10.5. The molecule has 0 atom stereocenters. The van der Waals surface area contributed by atoms with Gasteiger partial charge in [0.1, 0.15) is 0 Å². The molecule has 1 aromatic heterocycles. The first-order chi connectivity index (χ1) is 14.6. The third-order valence-corrected chi connectivity index (χ3v) is 4.94. The van der Waals surface area contributed by atoms with E-state index in [4.69, 9.17) is 0 Å². The van der Waals surface area contributed by atoms with Gasteiger partial charge in [-0.2, -0.15) is 0 Å². The molecule has 158 valence electrons. The lowest BCUT2D eigenvalue weighted by atomic mass is 10.1. The van der Waals surface area contributed by atoms with Crippen LogP contribution >= 0.6 is 0 Å². The zero-order chi connectivity index (χ0) is 22.9. The van der Waals surface area contributed by atoms with E-state index in [1.54, 1.807) is 16.8 Å². The number of carboxylic acids is 3. The van der Waals surface area contributed by atoms with Gasteiger partial charge in [0.05, 0.1) is 22.4 Å². The molecule has 2 aromatic carbocycles. The predicted octanol–water partition coefficient (Wildman–Crippen LogP) is 4.25. The molecular formula is C23H20N2O6. The zero-order valence-electron chi connectivity index (χ0n) is 17.1. The van der Waals surface area contributed by atoms with Gasteiger partial charge in [-0.1, -0.05) is 6.07 Å². The van der Waals surface area contributed by atoms with Crippen molar-refractivity contribution in [1.29, 1.82) is 0 Å². The molecule has 0 spiro atoms. The summed E-state index contributed by atoms with van der Waals surface area (Å²) in [5.74, 6) is -3.48. The molecule has 1 heterocycles. The monoisotopic (exact) mass is 420 g/mol. The molecule has 3 aromatic rings. The molecular weight excluding hydrogens is 400 g/mol. The minimum absolute atomic E-state index is 0.126. The molecule has 0 amide bonds. The van der Waals surface area contributed by atoms with Gasteiger partial charge >= 0.3 is 17.9 Å². The van der Waals surface area contributed by atoms with Crippen LogP contribution in [0.25, 0.3) is 5.69 Å². The van der Waals surface area contributed by atoms with E-state index in [0.29, 0.717) is 11.4 Å². The molecule has 0 radical (unpaired) electrons. The Balaban J connectivity index is 2.07. The molecule has 0 bridgehead atoms. The van der Waals surface area contributed by atoms with Gasteiger partial charge < -0.3 is 19.9 Å². The molecule has 8 nitrogen and oxygen atoms in total. The molecule has 0 unspecified atom stereocenters. The number of hydrogen-bond acceptors (Lipinski definition) is 4. The van der Waals surface area contributed by atoms with Crippen molar-refractivity contribution in [3.63, 3.8) is 0 Å². The summed E-state index contributed by atoms with van der Waals surface area (Å²) in [4.78, 5) is 38.5. The number of aromatic nitrogens is 1. The fraction of sp³-hybridized carbons (Fsp3) is 0.130. The summed E-state index contributed by atoms with van der Waals surface area (Å²) in [5, 5.41) is 27.9. The lowest BCUT2D eigenvalue weighted by molar-refractivity contribution is 0.0682. The first-order valence-electron chi connectivity index (χ1n) is 9.27. The van der Waals surface area contributed by atoms with Crippen molar-refractivity contribution in [2.75, 3.05) is 0 Å². The van der Waals surface area contributed by atoms with Crippen molar-refractivity contribution in [2.45, 2.75) is 20.8 Å². The van der Waals surface area contributed by atoms with E-state index in [9.17, 15) is 29.7 Å². The number of aliphatic imine (C=N–C) groups is 1. The van der Waals surface area contributed by atoms with Gasteiger partial charge in [0.2, 0.25) is 0 Å². The number of aryl methyl sites for hydroxylation is 2. The van der Waals surface area contributed by atoms with Crippen molar-refractivity contribution in [3.8, 4) is 5.69 Å². The molecule has 3 rings (SSSR count). The highest BCUT2D eigenvalue weighted by Crippen LogP contribution is 2.24. The smallest absolute Gasteiger partial charge is 0.335 e. The fourth-order valence-corrected chi connectivity index (χ4v) is 3.32. The number of benzene rings is 2. The molecule has 0 saturated carbocycles. The van der Waals surface area contributed by atoms with Crippen LogP contribution < -0.4 is 0 Å². The lowest BCUT2D eigenvalue weighted by Gasteiger charge is -2.12. The lowest BCUT2D eigenvalue weighted by Crippen LogP contribution is -2.07. The minimum Gasteiger partial charge on any atom is -0.478 e. The van der Waals surface area contributed by atoms with E-state index >= 15 is 0 Å². The summed E-state index contributed by atoms with van der Waals surface area (Å²) in [5.41, 5.74) is 3.85. The molecule has 0 saturated heterocycles. The van der Waals surface area contributed by atoms with Crippen molar-refractivity contribution >= 4 is 29.8 Å². The van der Waals surface area contributed by atoms with E-state index in [2.05, 4.69) is 4.99 Å². The highest BCUT2D eigenvalue weighted by Gasteiger charge is 2.16. The Kier molecular flexibility index (Phi) is 5.74. The van der Waals surface area contributed by atoms with Crippen molar-refractivity contribution in [1.82, 2.24) is 4.57 Å². The normalized spacial score (nSPS) is 11.1. The van der Waals surface area contributed by atoms with Gasteiger partial charge in [-0.05, 0) is 62.7 Å². The van der Waals surface area contributed by atoms with Crippen molar-refractivity contribution < 1.29 is 29.7 Å². The number of nitrogens with zero attached hydrogens (tertiary/aromatic N) is 2. The first-order valence-corrected chi connectivity index (χ1v) is 9.27. The van der Waals surface area contributed by atoms with E-state index in [0.717, 1.165) is 28.6 Å². The van der Waals surface area contributed by atoms with Crippen LogP contribution in [-0.2, 0) is 0 Å². The van der Waals surface area contributed by atoms with Crippen LogP contribution in [0.4, 0.5) is 5.69 Å². The summed E-state index contributed by atoms with van der Waals surface area (Å²) >= 11 is 0. The van der Waals surface area contributed by atoms with E-state index in [1.807, 2.05) is 26.8 Å². The van der Waals surface area contributed by atoms with Gasteiger partial charge in [0, 0.05) is 28.9 Å². The predicted molar refractivity (Wildman–Crippen MR) is 115 cm³/mol. The molecule has 0 aliphatic heterocycles. The van der Waals surface area contributed by atoms with Gasteiger partial charge in [0.25, 0.3) is 0 Å². The summed E-state index contributed by atoms with van der Waals surface area (Å²) < 4.78 is 1.75. The number of aromatic carboxylic acids is 3. The molecule has 31 heavy (non-hydrogen) atoms. The van der Waals surface area contributed by atoms with E-state index < -0.39 is 17.9 Å². The standard InChI is InChI=1S/C23H20N2O6/c1-12-4-5-15(21(26)27)10-20(12)24-11-18-6-13(2)25(14(18)3)19-8-16(22(28)29)7-17(9-19)23(30)31/h4-11H,1-3H3,(H,26,27)(H,28,29)(H,30,31). The molecule has 0 aliphatic carbocycles. The van der Waals surface area contributed by atoms with Gasteiger partial charge in [-0.25, -0.2) is 14.4 Å². The molecule has 0 aliphatic rings. The van der Waals surface area contributed by atoms with Gasteiger partial charge in [-0.15, -0.1) is 0 Å². The van der Waals surface area contributed by atoms with Crippen LogP contribution in [0.15, 0.2) is 47.5 Å². The zero-order valence-corrected chi connectivity index (χ0v) is 17.1. The highest BCUT2D eigenvalue weighted by molar-refractivity contribution is 5.95. The Morgan fingerprint density at radius 1 is 0.806 bits per heavy atom.